The minimum Gasteiger partial charge on any atom is -0.493 e. The average molecular weight is 425 g/mol. The summed E-state index contributed by atoms with van der Waals surface area (Å²) in [6, 6.07) is 6.72. The number of benzene rings is 1. The minimum absolute atomic E-state index is 0.323. The highest BCUT2D eigenvalue weighted by atomic mass is 79.9. The molecular weight excluding hydrogens is 404 g/mol. The van der Waals surface area contributed by atoms with Crippen LogP contribution in [0.15, 0.2) is 34.9 Å². The highest BCUT2D eigenvalue weighted by Crippen LogP contribution is 2.37. The van der Waals surface area contributed by atoms with Crippen LogP contribution in [0.4, 0.5) is 5.69 Å². The number of ether oxygens (including phenoxy) is 4. The summed E-state index contributed by atoms with van der Waals surface area (Å²) in [7, 11) is 3.11. The number of carbonyl (C=O) groups excluding carboxylic acids is 1. The molecule has 0 bridgehead atoms. The topological polar surface area (TPSA) is 78.9 Å². The van der Waals surface area contributed by atoms with Crippen LogP contribution in [0.2, 0.25) is 0 Å². The molecule has 0 saturated carbocycles. The summed E-state index contributed by atoms with van der Waals surface area (Å²) >= 11 is 3.41. The van der Waals surface area contributed by atoms with Gasteiger partial charge in [-0.25, -0.2) is 4.98 Å². The van der Waals surface area contributed by atoms with Gasteiger partial charge in [-0.1, -0.05) is 0 Å². The molecule has 1 aromatic carbocycles. The van der Waals surface area contributed by atoms with Crippen molar-refractivity contribution >= 4 is 27.5 Å². The van der Waals surface area contributed by atoms with Crippen molar-refractivity contribution in [2.45, 2.75) is 6.92 Å². The second-order valence-electron chi connectivity index (χ2n) is 5.07. The minimum atomic E-state index is -0.323. The lowest BCUT2D eigenvalue weighted by atomic mass is 10.2. The van der Waals surface area contributed by atoms with Gasteiger partial charge in [-0.2, -0.15) is 0 Å². The standard InChI is InChI=1S/C18H21BrN2O5/c1-4-25-16-13(19)10-12(11-15(16)24-3)17(22)21-14-6-5-7-20-18(14)26-9-8-23-2/h5-7,10-11H,4,8-9H2,1-3H3,(H,21,22). The maximum absolute atomic E-state index is 12.6. The number of rotatable bonds is 9. The number of hydrogen-bond donors (Lipinski definition) is 1. The molecule has 1 aromatic heterocycles. The second-order valence-corrected chi connectivity index (χ2v) is 5.93. The van der Waals surface area contributed by atoms with Gasteiger partial charge in [0.05, 0.1) is 24.8 Å². The normalized spacial score (nSPS) is 10.3. The summed E-state index contributed by atoms with van der Waals surface area (Å²) in [6.07, 6.45) is 1.59. The third-order valence-electron chi connectivity index (χ3n) is 3.33. The van der Waals surface area contributed by atoms with Crippen LogP contribution in [-0.4, -0.2) is 44.9 Å². The number of amides is 1. The Labute approximate surface area is 160 Å². The fourth-order valence-electron chi connectivity index (χ4n) is 2.15. The first-order chi connectivity index (χ1) is 12.6. The lowest BCUT2D eigenvalue weighted by Crippen LogP contribution is -2.15. The molecule has 0 saturated heterocycles. The molecule has 140 valence electrons. The van der Waals surface area contributed by atoms with E-state index in [9.17, 15) is 4.79 Å². The van der Waals surface area contributed by atoms with E-state index < -0.39 is 0 Å². The highest BCUT2D eigenvalue weighted by molar-refractivity contribution is 9.10. The number of halogens is 1. The summed E-state index contributed by atoms with van der Waals surface area (Å²) < 4.78 is 22.0. The van der Waals surface area contributed by atoms with Gasteiger partial charge >= 0.3 is 0 Å². The van der Waals surface area contributed by atoms with Crippen LogP contribution < -0.4 is 19.5 Å². The van der Waals surface area contributed by atoms with Crippen LogP contribution in [0, 0.1) is 0 Å². The van der Waals surface area contributed by atoms with E-state index in [0.29, 0.717) is 52.9 Å². The molecule has 2 aromatic rings. The lowest BCUT2D eigenvalue weighted by Gasteiger charge is -2.14. The van der Waals surface area contributed by atoms with E-state index >= 15 is 0 Å². The fraction of sp³-hybridized carbons (Fsp3) is 0.333. The molecule has 8 heteroatoms. The molecule has 0 radical (unpaired) electrons. The fourth-order valence-corrected chi connectivity index (χ4v) is 2.71. The number of nitrogens with zero attached hydrogens (tertiary/aromatic N) is 1. The van der Waals surface area contributed by atoms with Crippen molar-refractivity contribution < 1.29 is 23.7 Å². The molecule has 1 N–H and O–H groups in total. The first-order valence-corrected chi connectivity index (χ1v) is 8.78. The van der Waals surface area contributed by atoms with E-state index in [1.54, 1.807) is 37.6 Å². The molecule has 1 heterocycles. The zero-order valence-corrected chi connectivity index (χ0v) is 16.5. The molecule has 26 heavy (non-hydrogen) atoms. The van der Waals surface area contributed by atoms with Crippen LogP contribution in [0.5, 0.6) is 17.4 Å². The van der Waals surface area contributed by atoms with Crippen LogP contribution in [0.1, 0.15) is 17.3 Å². The third-order valence-corrected chi connectivity index (χ3v) is 3.91. The molecule has 0 aliphatic carbocycles. The highest BCUT2D eigenvalue weighted by Gasteiger charge is 2.17. The maximum atomic E-state index is 12.6. The largest absolute Gasteiger partial charge is 0.493 e. The number of methoxy groups -OCH3 is 2. The predicted molar refractivity (Wildman–Crippen MR) is 101 cm³/mol. The molecule has 0 unspecified atom stereocenters. The van der Waals surface area contributed by atoms with Gasteiger partial charge in [-0.05, 0) is 47.1 Å². The monoisotopic (exact) mass is 424 g/mol. The molecule has 0 aliphatic heterocycles. The van der Waals surface area contributed by atoms with Crippen LogP contribution in [-0.2, 0) is 4.74 Å². The van der Waals surface area contributed by atoms with Crippen molar-refractivity contribution in [3.8, 4) is 17.4 Å². The lowest BCUT2D eigenvalue weighted by molar-refractivity contribution is 0.102. The Morgan fingerprint density at radius 3 is 2.73 bits per heavy atom. The quantitative estimate of drug-likeness (QED) is 0.620. The van der Waals surface area contributed by atoms with Crippen LogP contribution in [0.3, 0.4) is 0 Å². The second kappa shape index (κ2) is 9.98. The van der Waals surface area contributed by atoms with Gasteiger partial charge in [-0.15, -0.1) is 0 Å². The summed E-state index contributed by atoms with van der Waals surface area (Å²) in [5, 5.41) is 2.80. The first kappa shape index (κ1) is 20.0. The van der Waals surface area contributed by atoms with E-state index in [4.69, 9.17) is 18.9 Å². The van der Waals surface area contributed by atoms with Gasteiger partial charge in [0.15, 0.2) is 11.5 Å². The van der Waals surface area contributed by atoms with E-state index in [-0.39, 0.29) is 5.91 Å². The van der Waals surface area contributed by atoms with E-state index in [2.05, 4.69) is 26.2 Å². The molecular formula is C18H21BrN2O5. The summed E-state index contributed by atoms with van der Waals surface area (Å²) in [4.78, 5) is 16.8. The van der Waals surface area contributed by atoms with E-state index in [1.807, 2.05) is 6.92 Å². The Bertz CT molecular complexity index is 754. The smallest absolute Gasteiger partial charge is 0.255 e. The summed E-state index contributed by atoms with van der Waals surface area (Å²) in [5.41, 5.74) is 0.876. The van der Waals surface area contributed by atoms with E-state index in [1.165, 1.54) is 7.11 Å². The molecule has 7 nitrogen and oxygen atoms in total. The number of carbonyl (C=O) groups is 1. The average Bonchev–Trinajstić information content (AvgIpc) is 2.64. The van der Waals surface area contributed by atoms with Crippen LogP contribution >= 0.6 is 15.9 Å². The molecule has 0 atom stereocenters. The summed E-state index contributed by atoms with van der Waals surface area (Å²) in [6.45, 7) is 3.12. The third kappa shape index (κ3) is 5.09. The van der Waals surface area contributed by atoms with Crippen molar-refractivity contribution in [2.24, 2.45) is 0 Å². The van der Waals surface area contributed by atoms with Crippen LogP contribution in [0.25, 0.3) is 0 Å². The molecule has 0 spiro atoms. The number of anilines is 1. The predicted octanol–water partition coefficient (Wildman–Crippen LogP) is 3.53. The molecule has 0 fully saturated rings. The van der Waals surface area contributed by atoms with Gasteiger partial charge in [-0.3, -0.25) is 4.79 Å². The van der Waals surface area contributed by atoms with Crippen molar-refractivity contribution in [3.05, 3.63) is 40.5 Å². The SMILES string of the molecule is CCOc1c(Br)cc(C(=O)Nc2cccnc2OCCOC)cc1OC. The zero-order chi connectivity index (χ0) is 18.9. The van der Waals surface area contributed by atoms with Crippen molar-refractivity contribution in [2.75, 3.05) is 39.4 Å². The number of hydrogen-bond acceptors (Lipinski definition) is 6. The van der Waals surface area contributed by atoms with Crippen molar-refractivity contribution in [1.29, 1.82) is 0 Å². The Hall–Kier alpha value is -2.32. The molecule has 1 amide bonds. The number of aromatic nitrogens is 1. The van der Waals surface area contributed by atoms with E-state index in [0.717, 1.165) is 0 Å². The Balaban J connectivity index is 2.21. The van der Waals surface area contributed by atoms with Gasteiger partial charge in [0.2, 0.25) is 5.88 Å². The van der Waals surface area contributed by atoms with Crippen molar-refractivity contribution in [1.82, 2.24) is 4.98 Å². The van der Waals surface area contributed by atoms with Crippen molar-refractivity contribution in [3.63, 3.8) is 0 Å². The van der Waals surface area contributed by atoms with Gasteiger partial charge in [0.1, 0.15) is 12.3 Å². The zero-order valence-electron chi connectivity index (χ0n) is 14.9. The Morgan fingerprint density at radius 2 is 2.04 bits per heavy atom. The maximum Gasteiger partial charge on any atom is 0.255 e. The Kier molecular flexibility index (Phi) is 7.68. The van der Waals surface area contributed by atoms with Gasteiger partial charge in [0, 0.05) is 18.9 Å². The van der Waals surface area contributed by atoms with Gasteiger partial charge < -0.3 is 24.3 Å². The molecule has 2 rings (SSSR count). The first-order valence-electron chi connectivity index (χ1n) is 7.99. The number of nitrogens with one attached hydrogen (secondary N) is 1. The van der Waals surface area contributed by atoms with Gasteiger partial charge in [0.25, 0.3) is 5.91 Å². The number of pyridine rings is 1. The summed E-state index contributed by atoms with van der Waals surface area (Å²) in [5.74, 6) is 1.03. The molecule has 0 aliphatic rings. The Morgan fingerprint density at radius 1 is 1.23 bits per heavy atom.